The summed E-state index contributed by atoms with van der Waals surface area (Å²) in [6.45, 7) is 4.86. The van der Waals surface area contributed by atoms with E-state index in [0.29, 0.717) is 19.8 Å². The van der Waals surface area contributed by atoms with E-state index in [2.05, 4.69) is 12.2 Å². The molecule has 0 aliphatic carbocycles. The highest BCUT2D eigenvalue weighted by Crippen LogP contribution is 2.07. The molecule has 0 fully saturated rings. The Morgan fingerprint density at radius 3 is 2.84 bits per heavy atom. The average Bonchev–Trinajstić information content (AvgIpc) is 2.40. The van der Waals surface area contributed by atoms with E-state index in [4.69, 9.17) is 9.47 Å². The second kappa shape index (κ2) is 9.89. The van der Waals surface area contributed by atoms with Gasteiger partial charge in [0.1, 0.15) is 5.82 Å². The molecule has 0 aliphatic rings. The number of hydrogen-bond acceptors (Lipinski definition) is 3. The third-order valence-corrected chi connectivity index (χ3v) is 2.80. The summed E-state index contributed by atoms with van der Waals surface area (Å²) in [7, 11) is 1.66. The summed E-state index contributed by atoms with van der Waals surface area (Å²) < 4.78 is 23.7. The van der Waals surface area contributed by atoms with Crippen molar-refractivity contribution in [1.29, 1.82) is 0 Å². The maximum Gasteiger partial charge on any atom is 0.123 e. The Labute approximate surface area is 115 Å². The summed E-state index contributed by atoms with van der Waals surface area (Å²) in [5, 5.41) is 3.43. The molecule has 1 aromatic carbocycles. The van der Waals surface area contributed by atoms with Gasteiger partial charge in [-0.05, 0) is 37.1 Å². The number of hydrogen-bond donors (Lipinski definition) is 1. The van der Waals surface area contributed by atoms with E-state index in [1.807, 2.05) is 6.07 Å². The predicted molar refractivity (Wildman–Crippen MR) is 74.9 cm³/mol. The fourth-order valence-electron chi connectivity index (χ4n) is 1.85. The predicted octanol–water partition coefficient (Wildman–Crippen LogP) is 2.40. The first-order valence-corrected chi connectivity index (χ1v) is 6.80. The molecule has 0 amide bonds. The first-order chi connectivity index (χ1) is 9.26. The minimum absolute atomic E-state index is 0.188. The molecule has 0 spiro atoms. The lowest BCUT2D eigenvalue weighted by Gasteiger charge is -2.18. The van der Waals surface area contributed by atoms with Crippen LogP contribution in [0.25, 0.3) is 0 Å². The summed E-state index contributed by atoms with van der Waals surface area (Å²) in [5.74, 6) is -0.188. The molecule has 1 unspecified atom stereocenters. The molecule has 0 aliphatic heterocycles. The Morgan fingerprint density at radius 1 is 1.32 bits per heavy atom. The van der Waals surface area contributed by atoms with Gasteiger partial charge >= 0.3 is 0 Å². The van der Waals surface area contributed by atoms with E-state index >= 15 is 0 Å². The van der Waals surface area contributed by atoms with Gasteiger partial charge in [-0.25, -0.2) is 4.39 Å². The van der Waals surface area contributed by atoms with Gasteiger partial charge in [0.25, 0.3) is 0 Å². The van der Waals surface area contributed by atoms with Crippen LogP contribution in [-0.2, 0) is 15.9 Å². The van der Waals surface area contributed by atoms with Gasteiger partial charge in [-0.15, -0.1) is 0 Å². The number of halogens is 1. The summed E-state index contributed by atoms with van der Waals surface area (Å²) in [5.41, 5.74) is 0.990. The molecule has 108 valence electrons. The highest BCUT2D eigenvalue weighted by Gasteiger charge is 2.09. The van der Waals surface area contributed by atoms with Crippen molar-refractivity contribution in [3.63, 3.8) is 0 Å². The van der Waals surface area contributed by atoms with Gasteiger partial charge in [0.15, 0.2) is 0 Å². The largest absolute Gasteiger partial charge is 0.382 e. The summed E-state index contributed by atoms with van der Waals surface area (Å²) in [6, 6.07) is 6.94. The molecule has 0 saturated carbocycles. The van der Waals surface area contributed by atoms with Crippen LogP contribution >= 0.6 is 0 Å². The number of nitrogens with one attached hydrogen (secondary N) is 1. The Bertz CT molecular complexity index is 347. The number of methoxy groups -OCH3 is 1. The highest BCUT2D eigenvalue weighted by atomic mass is 19.1. The molecule has 0 aromatic heterocycles. The normalized spacial score (nSPS) is 12.6. The van der Waals surface area contributed by atoms with Gasteiger partial charge in [0, 0.05) is 13.2 Å². The highest BCUT2D eigenvalue weighted by molar-refractivity contribution is 5.17. The maximum atomic E-state index is 13.2. The molecule has 1 atom stereocenters. The van der Waals surface area contributed by atoms with Gasteiger partial charge < -0.3 is 14.8 Å². The summed E-state index contributed by atoms with van der Waals surface area (Å²) in [6.07, 6.45) is 1.84. The van der Waals surface area contributed by atoms with E-state index in [1.54, 1.807) is 19.2 Å². The van der Waals surface area contributed by atoms with Crippen LogP contribution in [0.15, 0.2) is 24.3 Å². The van der Waals surface area contributed by atoms with Crippen molar-refractivity contribution < 1.29 is 13.9 Å². The van der Waals surface area contributed by atoms with Crippen LogP contribution in [0, 0.1) is 5.82 Å². The molecule has 0 bridgehead atoms. The van der Waals surface area contributed by atoms with E-state index in [-0.39, 0.29) is 11.9 Å². The topological polar surface area (TPSA) is 30.5 Å². The second-order valence-electron chi connectivity index (χ2n) is 4.55. The average molecular weight is 269 g/mol. The first-order valence-electron chi connectivity index (χ1n) is 6.80. The molecule has 1 N–H and O–H groups in total. The zero-order valence-corrected chi connectivity index (χ0v) is 11.8. The van der Waals surface area contributed by atoms with E-state index < -0.39 is 0 Å². The van der Waals surface area contributed by atoms with Crippen molar-refractivity contribution in [2.75, 3.05) is 33.5 Å². The Hall–Kier alpha value is -0.970. The molecule has 1 rings (SSSR count). The third kappa shape index (κ3) is 7.25. The van der Waals surface area contributed by atoms with Crippen LogP contribution in [-0.4, -0.2) is 39.5 Å². The Balaban J connectivity index is 2.43. The summed E-state index contributed by atoms with van der Waals surface area (Å²) in [4.78, 5) is 0. The lowest BCUT2D eigenvalue weighted by molar-refractivity contribution is 0.0587. The number of rotatable bonds is 10. The van der Waals surface area contributed by atoms with Crippen molar-refractivity contribution in [3.8, 4) is 0 Å². The molecule has 0 saturated heterocycles. The standard InChI is InChI=1S/C15H24FNO2/c1-3-7-17-15(12-19-9-8-18-2)11-13-5-4-6-14(16)10-13/h4-6,10,15,17H,3,7-9,11-12H2,1-2H3. The Morgan fingerprint density at radius 2 is 2.16 bits per heavy atom. The van der Waals surface area contributed by atoms with Gasteiger partial charge in [-0.1, -0.05) is 19.1 Å². The zero-order valence-electron chi connectivity index (χ0n) is 11.8. The minimum Gasteiger partial charge on any atom is -0.382 e. The van der Waals surface area contributed by atoms with Crippen LogP contribution in [0.5, 0.6) is 0 Å². The van der Waals surface area contributed by atoms with Crippen molar-refractivity contribution in [2.24, 2.45) is 0 Å². The van der Waals surface area contributed by atoms with E-state index in [0.717, 1.165) is 24.9 Å². The van der Waals surface area contributed by atoms with Crippen molar-refractivity contribution in [3.05, 3.63) is 35.6 Å². The zero-order chi connectivity index (χ0) is 13.9. The third-order valence-electron chi connectivity index (χ3n) is 2.80. The van der Waals surface area contributed by atoms with Gasteiger partial charge in [-0.2, -0.15) is 0 Å². The Kier molecular flexibility index (Phi) is 8.38. The molecular weight excluding hydrogens is 245 g/mol. The van der Waals surface area contributed by atoms with Crippen molar-refractivity contribution in [2.45, 2.75) is 25.8 Å². The van der Waals surface area contributed by atoms with Crippen LogP contribution in [0.4, 0.5) is 4.39 Å². The second-order valence-corrected chi connectivity index (χ2v) is 4.55. The first kappa shape index (κ1) is 16.1. The molecule has 1 aromatic rings. The SMILES string of the molecule is CCCNC(COCCOC)Cc1cccc(F)c1. The van der Waals surface area contributed by atoms with Crippen molar-refractivity contribution >= 4 is 0 Å². The number of ether oxygens (including phenoxy) is 2. The molecule has 19 heavy (non-hydrogen) atoms. The molecule has 0 radical (unpaired) electrons. The van der Waals surface area contributed by atoms with Crippen LogP contribution in [0.1, 0.15) is 18.9 Å². The summed E-state index contributed by atoms with van der Waals surface area (Å²) >= 11 is 0. The van der Waals surface area contributed by atoms with E-state index in [9.17, 15) is 4.39 Å². The van der Waals surface area contributed by atoms with Gasteiger partial charge in [-0.3, -0.25) is 0 Å². The van der Waals surface area contributed by atoms with Crippen LogP contribution in [0.2, 0.25) is 0 Å². The lowest BCUT2D eigenvalue weighted by atomic mass is 10.1. The smallest absolute Gasteiger partial charge is 0.123 e. The van der Waals surface area contributed by atoms with Crippen LogP contribution < -0.4 is 5.32 Å². The minimum atomic E-state index is -0.188. The molecule has 3 nitrogen and oxygen atoms in total. The van der Waals surface area contributed by atoms with Crippen LogP contribution in [0.3, 0.4) is 0 Å². The van der Waals surface area contributed by atoms with E-state index in [1.165, 1.54) is 6.07 Å². The molecule has 4 heteroatoms. The molecule has 0 heterocycles. The lowest BCUT2D eigenvalue weighted by Crippen LogP contribution is -2.36. The number of benzene rings is 1. The van der Waals surface area contributed by atoms with Crippen molar-refractivity contribution in [1.82, 2.24) is 5.32 Å². The fourth-order valence-corrected chi connectivity index (χ4v) is 1.85. The van der Waals surface area contributed by atoms with Gasteiger partial charge in [0.05, 0.1) is 19.8 Å². The monoisotopic (exact) mass is 269 g/mol. The quantitative estimate of drug-likeness (QED) is 0.662. The fraction of sp³-hybridized carbons (Fsp3) is 0.600. The molecular formula is C15H24FNO2. The van der Waals surface area contributed by atoms with Gasteiger partial charge in [0.2, 0.25) is 0 Å². The maximum absolute atomic E-state index is 13.2.